The number of hydrogen-bond acceptors (Lipinski definition) is 3. The Kier molecular flexibility index (Phi) is 4.14. The number of para-hydroxylation sites is 1. The Morgan fingerprint density at radius 2 is 1.87 bits per heavy atom. The second-order valence-electron chi connectivity index (χ2n) is 6.37. The fourth-order valence-electron chi connectivity index (χ4n) is 3.93. The zero-order valence-corrected chi connectivity index (χ0v) is 15.2. The molecule has 4 rings (SSSR count). The minimum atomic E-state index is -2.30. The summed E-state index contributed by atoms with van der Waals surface area (Å²) in [6, 6.07) is 10.2. The normalized spacial score (nSPS) is 28.2. The fourth-order valence-corrected chi connectivity index (χ4v) is 7.25. The molecular formula is C17H23N3OPS+. The maximum atomic E-state index is 6.11. The molecule has 2 heterocycles. The summed E-state index contributed by atoms with van der Waals surface area (Å²) in [6.07, 6.45) is 3.69. The van der Waals surface area contributed by atoms with E-state index in [1.54, 1.807) is 12.0 Å². The maximum Gasteiger partial charge on any atom is 0.213 e. The summed E-state index contributed by atoms with van der Waals surface area (Å²) in [5.74, 6) is 0. The average Bonchev–Trinajstić information content (AvgIpc) is 3.23. The van der Waals surface area contributed by atoms with Gasteiger partial charge in [0.05, 0.1) is 24.5 Å². The molecule has 1 N–H and O–H groups in total. The van der Waals surface area contributed by atoms with Crippen LogP contribution in [-0.2, 0) is 16.3 Å². The molecular weight excluding hydrogens is 325 g/mol. The SMILES string of the molecule is CO[P@@]1(=S)C2=C([NH+]3CCCC3)CCCC2=NN1c1ccccc1. The van der Waals surface area contributed by atoms with E-state index >= 15 is 0 Å². The van der Waals surface area contributed by atoms with Crippen LogP contribution in [0.25, 0.3) is 0 Å². The van der Waals surface area contributed by atoms with Gasteiger partial charge in [0.1, 0.15) is 11.0 Å². The van der Waals surface area contributed by atoms with Crippen LogP contribution < -0.4 is 9.68 Å². The predicted octanol–water partition coefficient (Wildman–Crippen LogP) is 2.89. The molecule has 1 aromatic rings. The van der Waals surface area contributed by atoms with E-state index in [1.165, 1.54) is 49.1 Å². The second-order valence-corrected chi connectivity index (χ2v) is 10.1. The molecule has 1 aromatic carbocycles. The van der Waals surface area contributed by atoms with Crippen molar-refractivity contribution in [3.8, 4) is 0 Å². The molecule has 122 valence electrons. The molecule has 1 aliphatic carbocycles. The third kappa shape index (κ3) is 2.51. The summed E-state index contributed by atoms with van der Waals surface area (Å²) >= 11 is 6.11. The van der Waals surface area contributed by atoms with Crippen LogP contribution in [0.3, 0.4) is 0 Å². The fraction of sp³-hybridized carbons (Fsp3) is 0.471. The van der Waals surface area contributed by atoms with Gasteiger partial charge in [-0.1, -0.05) is 18.2 Å². The molecule has 1 atom stereocenters. The molecule has 1 saturated heterocycles. The molecule has 4 nitrogen and oxygen atoms in total. The summed E-state index contributed by atoms with van der Waals surface area (Å²) in [4.78, 5) is 1.62. The number of hydrogen-bond donors (Lipinski definition) is 1. The Labute approximate surface area is 143 Å². The average molecular weight is 348 g/mol. The Bertz CT molecular complexity index is 710. The molecule has 2 aliphatic heterocycles. The summed E-state index contributed by atoms with van der Waals surface area (Å²) in [6.45, 7) is 2.47. The molecule has 0 amide bonds. The van der Waals surface area contributed by atoms with Crippen LogP contribution in [0.2, 0.25) is 0 Å². The van der Waals surface area contributed by atoms with E-state index in [0.717, 1.165) is 18.5 Å². The van der Waals surface area contributed by atoms with E-state index in [1.807, 2.05) is 23.0 Å². The van der Waals surface area contributed by atoms with Gasteiger partial charge in [-0.15, -0.1) is 0 Å². The maximum absolute atomic E-state index is 6.11. The minimum Gasteiger partial charge on any atom is -0.333 e. The zero-order chi connectivity index (χ0) is 15.9. The van der Waals surface area contributed by atoms with Gasteiger partial charge >= 0.3 is 0 Å². The standard InChI is InChI=1S/C17H22N3OPS/c1-21-22(23)17-15(18-20(22)14-8-3-2-4-9-14)10-7-11-16(17)19-12-5-6-13-19/h2-4,8-9H,5-7,10-13H2,1H3/p+1/t22-/m1/s1. The van der Waals surface area contributed by atoms with Crippen LogP contribution in [0.5, 0.6) is 0 Å². The molecule has 1 fully saturated rings. The third-order valence-electron chi connectivity index (χ3n) is 5.02. The second kappa shape index (κ2) is 6.14. The first-order valence-corrected chi connectivity index (χ1v) is 11.1. The first-order chi connectivity index (χ1) is 11.2. The van der Waals surface area contributed by atoms with Gasteiger partial charge in [0.2, 0.25) is 6.42 Å². The summed E-state index contributed by atoms with van der Waals surface area (Å²) in [7, 11) is 1.76. The van der Waals surface area contributed by atoms with Gasteiger partial charge < -0.3 is 9.42 Å². The van der Waals surface area contributed by atoms with Gasteiger partial charge in [0, 0.05) is 26.4 Å². The zero-order valence-electron chi connectivity index (χ0n) is 13.5. The molecule has 23 heavy (non-hydrogen) atoms. The number of quaternary nitrogens is 1. The highest BCUT2D eigenvalue weighted by atomic mass is 32.4. The largest absolute Gasteiger partial charge is 0.333 e. The summed E-state index contributed by atoms with van der Waals surface area (Å²) in [5, 5.41) is 6.20. The minimum absolute atomic E-state index is 1.02. The number of hydrazone groups is 1. The van der Waals surface area contributed by atoms with Crippen molar-refractivity contribution in [1.29, 1.82) is 0 Å². The Hall–Kier alpha value is -1.00. The van der Waals surface area contributed by atoms with Gasteiger partial charge in [-0.2, -0.15) is 5.10 Å². The Morgan fingerprint density at radius 1 is 1.13 bits per heavy atom. The van der Waals surface area contributed by atoms with Crippen LogP contribution in [0, 0.1) is 0 Å². The van der Waals surface area contributed by atoms with Crippen molar-refractivity contribution >= 4 is 29.6 Å². The Balaban J connectivity index is 1.84. The molecule has 0 radical (unpaired) electrons. The number of rotatable bonds is 3. The van der Waals surface area contributed by atoms with Crippen LogP contribution in [0.4, 0.5) is 5.69 Å². The van der Waals surface area contributed by atoms with E-state index in [-0.39, 0.29) is 0 Å². The molecule has 0 saturated carbocycles. The van der Waals surface area contributed by atoms with Crippen molar-refractivity contribution in [1.82, 2.24) is 0 Å². The quantitative estimate of drug-likeness (QED) is 0.852. The third-order valence-corrected chi connectivity index (χ3v) is 8.88. The van der Waals surface area contributed by atoms with Gasteiger partial charge in [-0.25, -0.2) is 4.78 Å². The number of nitrogens with one attached hydrogen (secondary N) is 1. The van der Waals surface area contributed by atoms with Crippen molar-refractivity contribution in [3.05, 3.63) is 41.3 Å². The highest BCUT2D eigenvalue weighted by Gasteiger charge is 2.46. The van der Waals surface area contributed by atoms with E-state index in [2.05, 4.69) is 12.1 Å². The van der Waals surface area contributed by atoms with Gasteiger partial charge in [0.15, 0.2) is 0 Å². The number of fused-ring (bicyclic) bond motifs is 1. The molecule has 6 heteroatoms. The van der Waals surface area contributed by atoms with E-state index < -0.39 is 6.42 Å². The van der Waals surface area contributed by atoms with Crippen molar-refractivity contribution in [2.45, 2.75) is 32.1 Å². The topological polar surface area (TPSA) is 29.3 Å². The lowest BCUT2D eigenvalue weighted by Crippen LogP contribution is -3.08. The molecule has 0 unspecified atom stereocenters. The number of anilines is 1. The van der Waals surface area contributed by atoms with Gasteiger partial charge in [-0.05, 0) is 36.8 Å². The van der Waals surface area contributed by atoms with Crippen LogP contribution in [0.15, 0.2) is 46.4 Å². The number of benzene rings is 1. The van der Waals surface area contributed by atoms with Crippen molar-refractivity contribution in [3.63, 3.8) is 0 Å². The molecule has 0 bridgehead atoms. The lowest BCUT2D eigenvalue weighted by atomic mass is 10.0. The van der Waals surface area contributed by atoms with Gasteiger partial charge in [-0.3, -0.25) is 0 Å². The molecule has 0 spiro atoms. The van der Waals surface area contributed by atoms with Crippen molar-refractivity contribution in [2.75, 3.05) is 25.0 Å². The van der Waals surface area contributed by atoms with Crippen LogP contribution in [-0.4, -0.2) is 25.9 Å². The highest BCUT2D eigenvalue weighted by molar-refractivity contribution is 8.15. The monoisotopic (exact) mass is 348 g/mol. The lowest BCUT2D eigenvalue weighted by Gasteiger charge is -2.29. The van der Waals surface area contributed by atoms with Crippen molar-refractivity contribution in [2.24, 2.45) is 5.10 Å². The number of allylic oxidation sites excluding steroid dienone is 2. The van der Waals surface area contributed by atoms with E-state index in [0.29, 0.717) is 0 Å². The first kappa shape index (κ1) is 15.5. The first-order valence-electron chi connectivity index (χ1n) is 8.42. The smallest absolute Gasteiger partial charge is 0.213 e. The van der Waals surface area contributed by atoms with Crippen LogP contribution in [0.1, 0.15) is 32.1 Å². The Morgan fingerprint density at radius 3 is 2.57 bits per heavy atom. The van der Waals surface area contributed by atoms with E-state index in [9.17, 15) is 0 Å². The van der Waals surface area contributed by atoms with Crippen LogP contribution >= 0.6 is 6.42 Å². The van der Waals surface area contributed by atoms with Crippen molar-refractivity contribution < 1.29 is 9.42 Å². The summed E-state index contributed by atoms with van der Waals surface area (Å²) < 4.78 is 8.00. The molecule has 0 aromatic heterocycles. The van der Waals surface area contributed by atoms with E-state index in [4.69, 9.17) is 21.4 Å². The predicted molar refractivity (Wildman–Crippen MR) is 98.5 cm³/mol. The number of nitrogens with zero attached hydrogens (tertiary/aromatic N) is 2. The molecule has 3 aliphatic rings. The number of likely N-dealkylation sites (tertiary alicyclic amines) is 1. The highest BCUT2D eigenvalue weighted by Crippen LogP contribution is 2.65. The van der Waals surface area contributed by atoms with Gasteiger partial charge in [0.25, 0.3) is 0 Å². The summed E-state index contributed by atoms with van der Waals surface area (Å²) in [5.41, 5.74) is 3.72. The lowest BCUT2D eigenvalue weighted by molar-refractivity contribution is -0.849.